The van der Waals surface area contributed by atoms with E-state index in [-0.39, 0.29) is 11.9 Å². The van der Waals surface area contributed by atoms with E-state index in [9.17, 15) is 4.79 Å². The fourth-order valence-corrected chi connectivity index (χ4v) is 1.12. The van der Waals surface area contributed by atoms with E-state index in [1.165, 1.54) is 6.92 Å². The van der Waals surface area contributed by atoms with E-state index in [2.05, 4.69) is 11.4 Å². The number of piperazine rings is 1. The second-order valence-electron chi connectivity index (χ2n) is 2.60. The fraction of sp³-hybridized carbons (Fsp3) is 0.714. The fourth-order valence-electron chi connectivity index (χ4n) is 1.12. The molecule has 1 atom stereocenters. The van der Waals surface area contributed by atoms with Gasteiger partial charge in [0.15, 0.2) is 0 Å². The van der Waals surface area contributed by atoms with Gasteiger partial charge < -0.3 is 4.90 Å². The van der Waals surface area contributed by atoms with Crippen molar-refractivity contribution in [2.45, 2.75) is 13.0 Å². The van der Waals surface area contributed by atoms with Crippen molar-refractivity contribution in [1.29, 1.82) is 5.26 Å². The minimum absolute atomic E-state index is 0.0479. The standard InChI is InChI=1S/C7H11N3O/c1-6(11)10-3-2-9-7(4-8)5-10/h7,9H,2-3,5H2,1H3/t7-/m1/s1. The summed E-state index contributed by atoms with van der Waals surface area (Å²) in [6.45, 7) is 3.48. The Hall–Kier alpha value is -1.08. The van der Waals surface area contributed by atoms with E-state index in [1.807, 2.05) is 0 Å². The Morgan fingerprint density at radius 2 is 2.55 bits per heavy atom. The third-order valence-electron chi connectivity index (χ3n) is 1.78. The summed E-state index contributed by atoms with van der Waals surface area (Å²) in [4.78, 5) is 12.5. The zero-order chi connectivity index (χ0) is 8.27. The van der Waals surface area contributed by atoms with Crippen molar-refractivity contribution in [3.8, 4) is 6.07 Å². The summed E-state index contributed by atoms with van der Waals surface area (Å²) in [7, 11) is 0. The van der Waals surface area contributed by atoms with Gasteiger partial charge in [-0.1, -0.05) is 0 Å². The molecule has 0 radical (unpaired) electrons. The molecule has 4 heteroatoms. The summed E-state index contributed by atoms with van der Waals surface area (Å²) in [5, 5.41) is 11.5. The van der Waals surface area contributed by atoms with E-state index in [0.29, 0.717) is 13.1 Å². The van der Waals surface area contributed by atoms with Gasteiger partial charge in [0, 0.05) is 26.6 Å². The van der Waals surface area contributed by atoms with Gasteiger partial charge in [-0.15, -0.1) is 0 Å². The lowest BCUT2D eigenvalue weighted by Crippen LogP contribution is -2.51. The lowest BCUT2D eigenvalue weighted by molar-refractivity contribution is -0.129. The van der Waals surface area contributed by atoms with Crippen molar-refractivity contribution in [2.24, 2.45) is 0 Å². The molecule has 0 aromatic heterocycles. The van der Waals surface area contributed by atoms with E-state index in [0.717, 1.165) is 6.54 Å². The molecule has 1 aliphatic heterocycles. The van der Waals surface area contributed by atoms with Crippen LogP contribution in [0.3, 0.4) is 0 Å². The third kappa shape index (κ3) is 1.92. The van der Waals surface area contributed by atoms with Gasteiger partial charge >= 0.3 is 0 Å². The smallest absolute Gasteiger partial charge is 0.219 e. The molecule has 0 bridgehead atoms. The zero-order valence-corrected chi connectivity index (χ0v) is 6.50. The molecule has 0 unspecified atom stereocenters. The molecule has 0 saturated carbocycles. The first-order chi connectivity index (χ1) is 5.24. The molecule has 0 aromatic carbocycles. The van der Waals surface area contributed by atoms with Crippen LogP contribution in [0.4, 0.5) is 0 Å². The summed E-state index contributed by atoms with van der Waals surface area (Å²) in [6, 6.07) is 1.90. The Balaban J connectivity index is 2.47. The first kappa shape index (κ1) is 8.02. The number of carbonyl (C=O) groups excluding carboxylic acids is 1. The van der Waals surface area contributed by atoms with Crippen LogP contribution in [0.5, 0.6) is 0 Å². The molecule has 1 N–H and O–H groups in total. The van der Waals surface area contributed by atoms with Crippen LogP contribution in [-0.2, 0) is 4.79 Å². The highest BCUT2D eigenvalue weighted by Gasteiger charge is 2.19. The summed E-state index contributed by atoms with van der Waals surface area (Å²) in [5.41, 5.74) is 0. The average molecular weight is 153 g/mol. The summed E-state index contributed by atoms with van der Waals surface area (Å²) in [5.74, 6) is 0.0479. The lowest BCUT2D eigenvalue weighted by Gasteiger charge is -2.29. The van der Waals surface area contributed by atoms with Crippen LogP contribution < -0.4 is 5.32 Å². The van der Waals surface area contributed by atoms with Crippen LogP contribution in [0.2, 0.25) is 0 Å². The molecule has 1 saturated heterocycles. The molecule has 60 valence electrons. The molecule has 11 heavy (non-hydrogen) atoms. The molecular formula is C7H11N3O. The van der Waals surface area contributed by atoms with E-state index < -0.39 is 0 Å². The Morgan fingerprint density at radius 1 is 1.82 bits per heavy atom. The molecule has 0 spiro atoms. The van der Waals surface area contributed by atoms with Gasteiger partial charge in [-0.25, -0.2) is 0 Å². The van der Waals surface area contributed by atoms with Gasteiger partial charge in [0.25, 0.3) is 0 Å². The first-order valence-electron chi connectivity index (χ1n) is 3.62. The number of nitriles is 1. The highest BCUT2D eigenvalue weighted by molar-refractivity contribution is 5.73. The minimum atomic E-state index is -0.187. The molecule has 0 aromatic rings. The quantitative estimate of drug-likeness (QED) is 0.502. The molecule has 1 amide bonds. The second-order valence-corrected chi connectivity index (χ2v) is 2.60. The van der Waals surface area contributed by atoms with Crippen molar-refractivity contribution in [1.82, 2.24) is 10.2 Å². The van der Waals surface area contributed by atoms with Gasteiger partial charge in [-0.3, -0.25) is 10.1 Å². The van der Waals surface area contributed by atoms with E-state index in [4.69, 9.17) is 5.26 Å². The Labute approximate surface area is 65.8 Å². The predicted octanol–water partition coefficient (Wildman–Crippen LogP) is -0.670. The van der Waals surface area contributed by atoms with Gasteiger partial charge in [-0.05, 0) is 0 Å². The maximum atomic E-state index is 10.8. The molecule has 0 aliphatic carbocycles. The molecule has 1 rings (SSSR count). The highest BCUT2D eigenvalue weighted by atomic mass is 16.2. The maximum absolute atomic E-state index is 10.8. The Kier molecular flexibility index (Phi) is 2.44. The number of carbonyl (C=O) groups is 1. The van der Waals surface area contributed by atoms with E-state index >= 15 is 0 Å². The van der Waals surface area contributed by atoms with Crippen LogP contribution in [-0.4, -0.2) is 36.5 Å². The number of rotatable bonds is 0. The first-order valence-corrected chi connectivity index (χ1v) is 3.62. The second kappa shape index (κ2) is 3.35. The van der Waals surface area contributed by atoms with Crippen LogP contribution >= 0.6 is 0 Å². The normalized spacial score (nSPS) is 24.4. The largest absolute Gasteiger partial charge is 0.339 e. The average Bonchev–Trinajstić information content (AvgIpc) is 2.05. The number of hydrogen-bond acceptors (Lipinski definition) is 3. The summed E-state index contributed by atoms with van der Waals surface area (Å²) < 4.78 is 0. The Bertz CT molecular complexity index is 196. The van der Waals surface area contributed by atoms with Crippen molar-refractivity contribution in [3.63, 3.8) is 0 Å². The number of amides is 1. The van der Waals surface area contributed by atoms with Gasteiger partial charge in [-0.2, -0.15) is 5.26 Å². The van der Waals surface area contributed by atoms with Crippen LogP contribution in [0, 0.1) is 11.3 Å². The predicted molar refractivity (Wildman–Crippen MR) is 39.7 cm³/mol. The SMILES string of the molecule is CC(=O)N1CCN[C@H](C#N)C1. The monoisotopic (exact) mass is 153 g/mol. The topological polar surface area (TPSA) is 56.1 Å². The van der Waals surface area contributed by atoms with Gasteiger partial charge in [0.05, 0.1) is 6.07 Å². The van der Waals surface area contributed by atoms with Gasteiger partial charge in [0.2, 0.25) is 5.91 Å². The van der Waals surface area contributed by atoms with Gasteiger partial charge in [0.1, 0.15) is 6.04 Å². The summed E-state index contributed by atoms with van der Waals surface area (Å²) >= 11 is 0. The van der Waals surface area contributed by atoms with Crippen LogP contribution in [0.15, 0.2) is 0 Å². The minimum Gasteiger partial charge on any atom is -0.339 e. The summed E-state index contributed by atoms with van der Waals surface area (Å²) in [6.07, 6.45) is 0. The molecular weight excluding hydrogens is 142 g/mol. The van der Waals surface area contributed by atoms with Crippen LogP contribution in [0.1, 0.15) is 6.92 Å². The molecule has 1 fully saturated rings. The molecule has 4 nitrogen and oxygen atoms in total. The number of nitrogens with zero attached hydrogens (tertiary/aromatic N) is 2. The highest BCUT2D eigenvalue weighted by Crippen LogP contribution is 1.97. The Morgan fingerprint density at radius 3 is 3.09 bits per heavy atom. The van der Waals surface area contributed by atoms with Crippen molar-refractivity contribution in [2.75, 3.05) is 19.6 Å². The third-order valence-corrected chi connectivity index (χ3v) is 1.78. The zero-order valence-electron chi connectivity index (χ0n) is 6.50. The van der Waals surface area contributed by atoms with Crippen molar-refractivity contribution >= 4 is 5.91 Å². The van der Waals surface area contributed by atoms with E-state index in [1.54, 1.807) is 4.90 Å². The number of hydrogen-bond donors (Lipinski definition) is 1. The maximum Gasteiger partial charge on any atom is 0.219 e. The lowest BCUT2D eigenvalue weighted by atomic mass is 10.2. The molecule has 1 aliphatic rings. The van der Waals surface area contributed by atoms with Crippen LogP contribution in [0.25, 0.3) is 0 Å². The van der Waals surface area contributed by atoms with Crippen molar-refractivity contribution in [3.05, 3.63) is 0 Å². The number of nitrogens with one attached hydrogen (secondary N) is 1. The van der Waals surface area contributed by atoms with Crippen molar-refractivity contribution < 1.29 is 4.79 Å². The molecule has 1 heterocycles.